The van der Waals surface area contributed by atoms with Crippen LogP contribution in [0.2, 0.25) is 0 Å². The molecule has 0 bridgehead atoms. The van der Waals surface area contributed by atoms with Crippen molar-refractivity contribution in [1.82, 2.24) is 4.90 Å². The normalized spacial score (nSPS) is 24.5. The average Bonchev–Trinajstić information content (AvgIpc) is 2.74. The standard InChI is InChI=1S/C24H34N2O2/c1-23(19-28-2,22(25)27)24(14-11-20-9-5-3-6-10-20)15-12-21(13-16-24)26-17-7-4-8-18-26/h3,5-6,9-10,12-13,15H,4,7-8,11,14,16-19H2,1-2H3,(H2,25,27). The lowest BCUT2D eigenvalue weighted by Gasteiger charge is -2.46. The van der Waals surface area contributed by atoms with Gasteiger partial charge in [0.05, 0.1) is 12.0 Å². The summed E-state index contributed by atoms with van der Waals surface area (Å²) in [5, 5.41) is 0. The van der Waals surface area contributed by atoms with Crippen molar-refractivity contribution in [2.75, 3.05) is 26.8 Å². The number of primary amides is 1. The van der Waals surface area contributed by atoms with E-state index < -0.39 is 5.41 Å². The number of piperidine rings is 1. The number of benzene rings is 1. The quantitative estimate of drug-likeness (QED) is 0.737. The smallest absolute Gasteiger partial charge is 0.226 e. The zero-order valence-electron chi connectivity index (χ0n) is 17.3. The predicted molar refractivity (Wildman–Crippen MR) is 114 cm³/mol. The zero-order valence-corrected chi connectivity index (χ0v) is 17.3. The van der Waals surface area contributed by atoms with Crippen LogP contribution in [0.4, 0.5) is 0 Å². The third kappa shape index (κ3) is 4.17. The summed E-state index contributed by atoms with van der Waals surface area (Å²) in [7, 11) is 1.65. The molecule has 2 N–H and O–H groups in total. The third-order valence-corrected chi connectivity index (χ3v) is 6.75. The number of carbonyl (C=O) groups is 1. The maximum absolute atomic E-state index is 12.6. The van der Waals surface area contributed by atoms with Crippen LogP contribution in [-0.4, -0.2) is 37.6 Å². The largest absolute Gasteiger partial charge is 0.384 e. The Hall–Kier alpha value is -2.07. The molecule has 4 heteroatoms. The minimum atomic E-state index is -0.753. The van der Waals surface area contributed by atoms with Gasteiger partial charge in [-0.3, -0.25) is 4.79 Å². The van der Waals surface area contributed by atoms with Crippen LogP contribution in [0.15, 0.2) is 54.3 Å². The summed E-state index contributed by atoms with van der Waals surface area (Å²) >= 11 is 0. The highest BCUT2D eigenvalue weighted by Gasteiger charge is 2.50. The Balaban J connectivity index is 1.86. The number of nitrogens with two attached hydrogens (primary N) is 1. The minimum Gasteiger partial charge on any atom is -0.384 e. The van der Waals surface area contributed by atoms with Crippen LogP contribution in [0.25, 0.3) is 0 Å². The molecule has 1 heterocycles. The Labute approximate surface area is 169 Å². The number of methoxy groups -OCH3 is 1. The van der Waals surface area contributed by atoms with E-state index in [1.54, 1.807) is 7.11 Å². The Bertz CT molecular complexity index is 721. The van der Waals surface area contributed by atoms with Gasteiger partial charge in [-0.2, -0.15) is 0 Å². The molecule has 1 aliphatic heterocycles. The maximum Gasteiger partial charge on any atom is 0.226 e. The molecule has 1 aromatic rings. The fraction of sp³-hybridized carbons (Fsp3) is 0.542. The monoisotopic (exact) mass is 382 g/mol. The molecule has 0 aromatic heterocycles. The number of hydrogen-bond donors (Lipinski definition) is 1. The lowest BCUT2D eigenvalue weighted by molar-refractivity contribution is -0.137. The van der Waals surface area contributed by atoms with Crippen molar-refractivity contribution >= 4 is 5.91 Å². The van der Waals surface area contributed by atoms with Gasteiger partial charge in [0.15, 0.2) is 0 Å². The van der Waals surface area contributed by atoms with E-state index in [2.05, 4.69) is 47.4 Å². The molecule has 2 aliphatic rings. The van der Waals surface area contributed by atoms with Gasteiger partial charge >= 0.3 is 0 Å². The van der Waals surface area contributed by atoms with E-state index in [1.807, 2.05) is 13.0 Å². The number of ether oxygens (including phenoxy) is 1. The first kappa shape index (κ1) is 20.7. The summed E-state index contributed by atoms with van der Waals surface area (Å²) < 4.78 is 5.48. The molecule has 1 fully saturated rings. The van der Waals surface area contributed by atoms with Gasteiger partial charge < -0.3 is 15.4 Å². The summed E-state index contributed by atoms with van der Waals surface area (Å²) in [5.41, 5.74) is 7.41. The van der Waals surface area contributed by atoms with Crippen LogP contribution in [0.1, 0.15) is 44.6 Å². The van der Waals surface area contributed by atoms with Gasteiger partial charge in [0.1, 0.15) is 0 Å². The van der Waals surface area contributed by atoms with Gasteiger partial charge in [-0.1, -0.05) is 42.5 Å². The molecule has 0 radical (unpaired) electrons. The van der Waals surface area contributed by atoms with E-state index in [1.165, 1.54) is 30.5 Å². The highest BCUT2D eigenvalue weighted by molar-refractivity contribution is 5.82. The Morgan fingerprint density at radius 1 is 1.21 bits per heavy atom. The first-order valence-corrected chi connectivity index (χ1v) is 10.5. The molecule has 0 saturated carbocycles. The molecule has 1 amide bonds. The molecule has 2 atom stereocenters. The van der Waals surface area contributed by atoms with Crippen LogP contribution in [-0.2, 0) is 16.0 Å². The van der Waals surface area contributed by atoms with Crippen molar-refractivity contribution in [3.63, 3.8) is 0 Å². The molecule has 3 rings (SSSR count). The summed E-state index contributed by atoms with van der Waals surface area (Å²) in [4.78, 5) is 15.1. The van der Waals surface area contributed by atoms with Crippen LogP contribution >= 0.6 is 0 Å². The second-order valence-electron chi connectivity index (χ2n) is 8.49. The van der Waals surface area contributed by atoms with Crippen molar-refractivity contribution in [2.24, 2.45) is 16.6 Å². The van der Waals surface area contributed by atoms with E-state index in [4.69, 9.17) is 10.5 Å². The van der Waals surface area contributed by atoms with Gasteiger partial charge in [0.25, 0.3) is 0 Å². The summed E-state index contributed by atoms with van der Waals surface area (Å²) in [6, 6.07) is 10.5. The van der Waals surface area contributed by atoms with Gasteiger partial charge in [-0.25, -0.2) is 0 Å². The summed E-state index contributed by atoms with van der Waals surface area (Å²) in [5.74, 6) is -0.290. The van der Waals surface area contributed by atoms with Crippen molar-refractivity contribution in [3.05, 3.63) is 59.8 Å². The number of amides is 1. The SMILES string of the molecule is COCC(C)(C(N)=O)C1(CCc2ccccc2)C=CC(N2CCCCC2)=CC1. The number of carbonyl (C=O) groups excluding carboxylic acids is 1. The number of likely N-dealkylation sites (tertiary alicyclic amines) is 1. The number of rotatable bonds is 8. The molecule has 28 heavy (non-hydrogen) atoms. The second-order valence-corrected chi connectivity index (χ2v) is 8.49. The van der Waals surface area contributed by atoms with Gasteiger partial charge in [0, 0.05) is 31.3 Å². The minimum absolute atomic E-state index is 0.290. The number of aryl methyl sites for hydroxylation is 1. The molecule has 1 aromatic carbocycles. The number of allylic oxidation sites excluding steroid dienone is 3. The van der Waals surface area contributed by atoms with Gasteiger partial charge in [-0.05, 0) is 57.1 Å². The molecule has 1 saturated heterocycles. The first-order chi connectivity index (χ1) is 13.5. The third-order valence-electron chi connectivity index (χ3n) is 6.75. The van der Waals surface area contributed by atoms with Gasteiger partial charge in [0.2, 0.25) is 5.91 Å². The zero-order chi connectivity index (χ0) is 20.0. The fourth-order valence-electron chi connectivity index (χ4n) is 4.69. The van der Waals surface area contributed by atoms with E-state index in [-0.39, 0.29) is 11.3 Å². The van der Waals surface area contributed by atoms with E-state index >= 15 is 0 Å². The van der Waals surface area contributed by atoms with E-state index in [0.29, 0.717) is 6.61 Å². The van der Waals surface area contributed by atoms with Crippen LogP contribution in [0.3, 0.4) is 0 Å². The Kier molecular flexibility index (Phi) is 6.61. The lowest BCUT2D eigenvalue weighted by Crippen LogP contribution is -2.52. The lowest BCUT2D eigenvalue weighted by atomic mass is 9.58. The molecule has 152 valence electrons. The molecule has 4 nitrogen and oxygen atoms in total. The van der Waals surface area contributed by atoms with Crippen molar-refractivity contribution < 1.29 is 9.53 Å². The average molecular weight is 383 g/mol. The molecular weight excluding hydrogens is 348 g/mol. The summed E-state index contributed by atoms with van der Waals surface area (Å²) in [6.07, 6.45) is 13.2. The molecule has 0 spiro atoms. The van der Waals surface area contributed by atoms with E-state index in [9.17, 15) is 4.79 Å². The van der Waals surface area contributed by atoms with Crippen molar-refractivity contribution in [1.29, 1.82) is 0 Å². The first-order valence-electron chi connectivity index (χ1n) is 10.5. The van der Waals surface area contributed by atoms with Crippen molar-refractivity contribution in [3.8, 4) is 0 Å². The number of hydrogen-bond acceptors (Lipinski definition) is 3. The Morgan fingerprint density at radius 2 is 1.93 bits per heavy atom. The highest BCUT2D eigenvalue weighted by Crippen LogP contribution is 2.50. The van der Waals surface area contributed by atoms with E-state index in [0.717, 1.165) is 32.4 Å². The fourth-order valence-corrected chi connectivity index (χ4v) is 4.69. The topological polar surface area (TPSA) is 55.6 Å². The Morgan fingerprint density at radius 3 is 2.50 bits per heavy atom. The second kappa shape index (κ2) is 8.95. The van der Waals surface area contributed by atoms with Crippen LogP contribution in [0.5, 0.6) is 0 Å². The summed E-state index contributed by atoms with van der Waals surface area (Å²) in [6.45, 7) is 4.54. The maximum atomic E-state index is 12.6. The van der Waals surface area contributed by atoms with Crippen LogP contribution < -0.4 is 5.73 Å². The molecule has 2 unspecified atom stereocenters. The van der Waals surface area contributed by atoms with Crippen LogP contribution in [0, 0.1) is 10.8 Å². The van der Waals surface area contributed by atoms with Gasteiger partial charge in [-0.15, -0.1) is 0 Å². The number of nitrogens with zero attached hydrogens (tertiary/aromatic N) is 1. The molecule has 1 aliphatic carbocycles. The predicted octanol–water partition coefficient (Wildman–Crippen LogP) is 4.07. The van der Waals surface area contributed by atoms with Crippen molar-refractivity contribution in [2.45, 2.75) is 45.4 Å². The highest BCUT2D eigenvalue weighted by atomic mass is 16.5. The molecular formula is C24H34N2O2.